The second-order valence-electron chi connectivity index (χ2n) is 5.89. The molecule has 1 aromatic carbocycles. The topological polar surface area (TPSA) is 67.4 Å². The van der Waals surface area contributed by atoms with Crippen molar-refractivity contribution in [2.75, 3.05) is 36.5 Å². The monoisotopic (exact) mass is 366 g/mol. The van der Waals surface area contributed by atoms with Crippen molar-refractivity contribution in [1.82, 2.24) is 9.97 Å². The van der Waals surface area contributed by atoms with Crippen LogP contribution in [0.4, 0.5) is 10.8 Å². The van der Waals surface area contributed by atoms with Crippen LogP contribution in [0.2, 0.25) is 0 Å². The Morgan fingerprint density at radius 3 is 2.96 bits per heavy atom. The van der Waals surface area contributed by atoms with Crippen LogP contribution in [-0.2, 0) is 9.53 Å². The number of ether oxygens (including phenoxy) is 1. The van der Waals surface area contributed by atoms with Gasteiger partial charge in [-0.15, -0.1) is 0 Å². The first-order chi connectivity index (χ1) is 12.8. The summed E-state index contributed by atoms with van der Waals surface area (Å²) < 4.78 is 6.45. The molecule has 0 saturated carbocycles. The lowest BCUT2D eigenvalue weighted by Crippen LogP contribution is -2.36. The summed E-state index contributed by atoms with van der Waals surface area (Å²) in [5.74, 6) is -0.175. The van der Waals surface area contributed by atoms with Crippen LogP contribution in [0, 0.1) is 0 Å². The van der Waals surface area contributed by atoms with Crippen LogP contribution in [0.3, 0.4) is 0 Å². The second kappa shape index (κ2) is 7.63. The van der Waals surface area contributed by atoms with Crippen LogP contribution in [-0.4, -0.2) is 42.2 Å². The summed E-state index contributed by atoms with van der Waals surface area (Å²) in [5.41, 5.74) is 2.59. The number of nitrogens with zero attached hydrogens (tertiary/aromatic N) is 3. The molecule has 1 fully saturated rings. The number of rotatable bonds is 4. The molecule has 0 radical (unpaired) electrons. The Bertz CT molecular complexity index is 933. The Kier molecular flexibility index (Phi) is 4.90. The Morgan fingerprint density at radius 2 is 2.15 bits per heavy atom. The van der Waals surface area contributed by atoms with Crippen molar-refractivity contribution in [3.8, 4) is 0 Å². The highest BCUT2D eigenvalue weighted by atomic mass is 32.1. The lowest BCUT2D eigenvalue weighted by atomic mass is 10.2. The molecule has 0 atom stereocenters. The molecule has 132 valence electrons. The number of hydrogen-bond acceptors (Lipinski definition) is 6. The smallest absolute Gasteiger partial charge is 0.248 e. The van der Waals surface area contributed by atoms with Crippen molar-refractivity contribution in [2.24, 2.45) is 0 Å². The van der Waals surface area contributed by atoms with Gasteiger partial charge in [0.2, 0.25) is 5.91 Å². The third kappa shape index (κ3) is 3.89. The normalized spacial score (nSPS) is 14.8. The number of benzene rings is 1. The van der Waals surface area contributed by atoms with E-state index in [9.17, 15) is 4.79 Å². The van der Waals surface area contributed by atoms with Gasteiger partial charge in [0.1, 0.15) is 0 Å². The summed E-state index contributed by atoms with van der Waals surface area (Å²) in [6.45, 7) is 3.20. The maximum absolute atomic E-state index is 12.1. The molecule has 2 aromatic heterocycles. The van der Waals surface area contributed by atoms with Crippen molar-refractivity contribution in [1.29, 1.82) is 0 Å². The number of thiazole rings is 1. The zero-order valence-corrected chi connectivity index (χ0v) is 14.9. The van der Waals surface area contributed by atoms with Crippen molar-refractivity contribution < 1.29 is 9.53 Å². The number of anilines is 2. The SMILES string of the molecule is O=C(/C=C/c1cccnc1)Nc1ccc2nc(N3CCOCC3)sc2c1. The van der Waals surface area contributed by atoms with Crippen LogP contribution in [0.5, 0.6) is 0 Å². The summed E-state index contributed by atoms with van der Waals surface area (Å²) in [4.78, 5) is 23.1. The molecule has 0 bridgehead atoms. The second-order valence-corrected chi connectivity index (χ2v) is 6.90. The molecule has 3 aromatic rings. The number of aromatic nitrogens is 2. The molecule has 7 heteroatoms. The third-order valence-corrected chi connectivity index (χ3v) is 5.12. The first-order valence-corrected chi connectivity index (χ1v) is 9.22. The van der Waals surface area contributed by atoms with E-state index in [1.807, 2.05) is 30.3 Å². The number of fused-ring (bicyclic) bond motifs is 1. The van der Waals surface area contributed by atoms with Crippen molar-refractivity contribution >= 4 is 44.4 Å². The molecule has 1 aliphatic rings. The fourth-order valence-electron chi connectivity index (χ4n) is 2.71. The average molecular weight is 366 g/mol. The third-order valence-electron chi connectivity index (χ3n) is 4.04. The fourth-order valence-corrected chi connectivity index (χ4v) is 3.77. The molecular formula is C19H18N4O2S. The minimum absolute atomic E-state index is 0.175. The lowest BCUT2D eigenvalue weighted by Gasteiger charge is -2.25. The molecule has 6 nitrogen and oxygen atoms in total. The van der Waals surface area contributed by atoms with Crippen molar-refractivity contribution in [3.05, 3.63) is 54.4 Å². The number of morpholine rings is 1. The molecule has 1 aliphatic heterocycles. The number of carbonyl (C=O) groups is 1. The van der Waals surface area contributed by atoms with Crippen LogP contribution in [0.25, 0.3) is 16.3 Å². The van der Waals surface area contributed by atoms with Gasteiger partial charge in [-0.3, -0.25) is 9.78 Å². The van der Waals surface area contributed by atoms with Crippen LogP contribution in [0.1, 0.15) is 5.56 Å². The molecular weight excluding hydrogens is 348 g/mol. The summed E-state index contributed by atoms with van der Waals surface area (Å²) in [6.07, 6.45) is 6.66. The molecule has 0 unspecified atom stereocenters. The van der Waals surface area contributed by atoms with Crippen LogP contribution >= 0.6 is 11.3 Å². The van der Waals surface area contributed by atoms with Crippen molar-refractivity contribution in [2.45, 2.75) is 0 Å². The Labute approximate surface area is 155 Å². The van der Waals surface area contributed by atoms with Gasteiger partial charge in [0, 0.05) is 37.2 Å². The fraction of sp³-hybridized carbons (Fsp3) is 0.211. The van der Waals surface area contributed by atoms with Gasteiger partial charge in [-0.2, -0.15) is 0 Å². The van der Waals surface area contributed by atoms with E-state index in [2.05, 4.69) is 20.2 Å². The first kappa shape index (κ1) is 16.7. The molecule has 0 spiro atoms. The Balaban J connectivity index is 1.46. The van der Waals surface area contributed by atoms with Crippen LogP contribution in [0.15, 0.2) is 48.8 Å². The highest BCUT2D eigenvalue weighted by molar-refractivity contribution is 7.22. The molecule has 3 heterocycles. The number of amides is 1. The standard InChI is InChI=1S/C19H18N4O2S/c24-18(6-3-14-2-1-7-20-13-14)21-15-4-5-16-17(12-15)26-19(22-16)23-8-10-25-11-9-23/h1-7,12-13H,8-11H2,(H,21,24)/b6-3+. The van der Waals surface area contributed by atoms with Crippen molar-refractivity contribution in [3.63, 3.8) is 0 Å². The lowest BCUT2D eigenvalue weighted by molar-refractivity contribution is -0.111. The quantitative estimate of drug-likeness (QED) is 0.719. The van der Waals surface area contributed by atoms with E-state index >= 15 is 0 Å². The molecule has 4 rings (SSSR count). The summed E-state index contributed by atoms with van der Waals surface area (Å²) in [6, 6.07) is 9.51. The summed E-state index contributed by atoms with van der Waals surface area (Å²) >= 11 is 1.64. The van der Waals surface area contributed by atoms with E-state index in [0.29, 0.717) is 0 Å². The average Bonchev–Trinajstić information content (AvgIpc) is 3.11. The van der Waals surface area contributed by atoms with Gasteiger partial charge in [0.25, 0.3) is 0 Å². The number of hydrogen-bond donors (Lipinski definition) is 1. The molecule has 1 N–H and O–H groups in total. The van der Waals surface area contributed by atoms with Gasteiger partial charge in [0.05, 0.1) is 23.4 Å². The molecule has 0 aliphatic carbocycles. The summed E-state index contributed by atoms with van der Waals surface area (Å²) in [5, 5.41) is 3.90. The largest absolute Gasteiger partial charge is 0.378 e. The zero-order valence-electron chi connectivity index (χ0n) is 14.1. The van der Waals surface area contributed by atoms with Gasteiger partial charge in [0.15, 0.2) is 5.13 Å². The van der Waals surface area contributed by atoms with Gasteiger partial charge in [-0.1, -0.05) is 17.4 Å². The highest BCUT2D eigenvalue weighted by Gasteiger charge is 2.15. The highest BCUT2D eigenvalue weighted by Crippen LogP contribution is 2.31. The minimum Gasteiger partial charge on any atom is -0.378 e. The number of carbonyl (C=O) groups excluding carboxylic acids is 1. The van der Waals surface area contributed by atoms with E-state index in [4.69, 9.17) is 4.74 Å². The molecule has 1 saturated heterocycles. The first-order valence-electron chi connectivity index (χ1n) is 8.40. The zero-order chi connectivity index (χ0) is 17.8. The number of pyridine rings is 1. The predicted molar refractivity (Wildman–Crippen MR) is 105 cm³/mol. The van der Waals surface area contributed by atoms with E-state index in [0.717, 1.165) is 52.9 Å². The Hall–Kier alpha value is -2.77. The molecule has 1 amide bonds. The maximum Gasteiger partial charge on any atom is 0.248 e. The molecule has 26 heavy (non-hydrogen) atoms. The van der Waals surface area contributed by atoms with Gasteiger partial charge in [-0.05, 0) is 35.9 Å². The van der Waals surface area contributed by atoms with E-state index in [1.165, 1.54) is 6.08 Å². The number of nitrogens with one attached hydrogen (secondary N) is 1. The van der Waals surface area contributed by atoms with E-state index in [1.54, 1.807) is 29.8 Å². The van der Waals surface area contributed by atoms with Gasteiger partial charge >= 0.3 is 0 Å². The minimum atomic E-state index is -0.175. The summed E-state index contributed by atoms with van der Waals surface area (Å²) in [7, 11) is 0. The predicted octanol–water partition coefficient (Wildman–Crippen LogP) is 3.18. The van der Waals surface area contributed by atoms with Gasteiger partial charge in [-0.25, -0.2) is 4.98 Å². The maximum atomic E-state index is 12.1. The van der Waals surface area contributed by atoms with E-state index in [-0.39, 0.29) is 5.91 Å². The van der Waals surface area contributed by atoms with Gasteiger partial charge < -0.3 is 15.0 Å². The van der Waals surface area contributed by atoms with E-state index < -0.39 is 0 Å². The van der Waals surface area contributed by atoms with Crippen LogP contribution < -0.4 is 10.2 Å². The Morgan fingerprint density at radius 1 is 1.27 bits per heavy atom.